The molecule has 162 valence electrons. The lowest BCUT2D eigenvalue weighted by molar-refractivity contribution is 0.333. The van der Waals surface area contributed by atoms with E-state index in [0.29, 0.717) is 17.7 Å². The van der Waals surface area contributed by atoms with Crippen molar-refractivity contribution in [1.82, 2.24) is 25.2 Å². The monoisotopic (exact) mass is 426 g/mol. The Morgan fingerprint density at radius 2 is 1.83 bits per heavy atom. The van der Waals surface area contributed by atoms with Gasteiger partial charge in [0.25, 0.3) is 0 Å². The molecule has 5 heterocycles. The van der Waals surface area contributed by atoms with Gasteiger partial charge in [0.2, 0.25) is 0 Å². The maximum Gasteiger partial charge on any atom is 0.152 e. The smallest absolute Gasteiger partial charge is 0.152 e. The average Bonchev–Trinajstić information content (AvgIpc) is 3.36. The van der Waals surface area contributed by atoms with Gasteiger partial charge in [-0.1, -0.05) is 13.3 Å². The van der Waals surface area contributed by atoms with Crippen molar-refractivity contribution >= 4 is 38.4 Å². The van der Waals surface area contributed by atoms with Gasteiger partial charge in [0.05, 0.1) is 15.7 Å². The van der Waals surface area contributed by atoms with Crippen LogP contribution in [0.25, 0.3) is 21.3 Å². The number of fused-ring (bicyclic) bond motifs is 3. The van der Waals surface area contributed by atoms with Crippen molar-refractivity contribution in [2.45, 2.75) is 64.3 Å². The number of nitrogen functional groups attached to an aromatic ring is 1. The van der Waals surface area contributed by atoms with Gasteiger partial charge in [0.15, 0.2) is 5.82 Å². The number of piperidine rings is 2. The number of hydrogen-bond donors (Lipinski definition) is 3. The molecule has 2 saturated heterocycles. The molecule has 4 N–H and O–H groups in total. The van der Waals surface area contributed by atoms with Crippen LogP contribution in [0.15, 0.2) is 6.07 Å². The Balaban J connectivity index is 1.62. The lowest BCUT2D eigenvalue weighted by Crippen LogP contribution is -2.30. The molecule has 30 heavy (non-hydrogen) atoms. The number of anilines is 1. The van der Waals surface area contributed by atoms with E-state index in [1.807, 2.05) is 11.3 Å². The molecule has 0 radical (unpaired) electrons. The molecule has 0 unspecified atom stereocenters. The number of imidazole rings is 1. The van der Waals surface area contributed by atoms with E-state index in [-0.39, 0.29) is 0 Å². The molecular formula is C23H34N6S. The summed E-state index contributed by atoms with van der Waals surface area (Å²) in [5.41, 5.74) is 9.67. The molecule has 2 aliphatic heterocycles. The quantitative estimate of drug-likeness (QED) is 0.554. The first-order chi connectivity index (χ1) is 14.7. The van der Waals surface area contributed by atoms with E-state index < -0.39 is 0 Å². The Kier molecular flexibility index (Phi) is 5.94. The van der Waals surface area contributed by atoms with Crippen molar-refractivity contribution in [3.8, 4) is 0 Å². The first kappa shape index (κ1) is 20.2. The third-order valence-electron chi connectivity index (χ3n) is 6.87. The molecule has 0 aliphatic carbocycles. The lowest BCUT2D eigenvalue weighted by atomic mass is 9.96. The minimum atomic E-state index is 0.592. The minimum Gasteiger partial charge on any atom is -0.382 e. The average molecular weight is 427 g/mol. The molecule has 0 saturated carbocycles. The number of aromatic nitrogens is 3. The summed E-state index contributed by atoms with van der Waals surface area (Å²) in [6.07, 6.45) is 8.25. The Hall–Kier alpha value is -1.70. The number of nitrogens with one attached hydrogen (secondary N) is 2. The van der Waals surface area contributed by atoms with Gasteiger partial charge < -0.3 is 20.9 Å². The van der Waals surface area contributed by atoms with E-state index in [1.165, 1.54) is 53.0 Å². The molecule has 6 nitrogen and oxygen atoms in total. The van der Waals surface area contributed by atoms with E-state index in [0.717, 1.165) is 56.6 Å². The van der Waals surface area contributed by atoms with Crippen molar-refractivity contribution in [3.63, 3.8) is 0 Å². The third-order valence-corrected chi connectivity index (χ3v) is 8.17. The highest BCUT2D eigenvalue weighted by molar-refractivity contribution is 7.20. The van der Waals surface area contributed by atoms with Gasteiger partial charge in [-0.25, -0.2) is 9.97 Å². The molecule has 7 heteroatoms. The SMILES string of the molecule is CCCCc1nc2c(N)nc3cc(C4CCNCC4)sc3c2n1CC1CCNCC1. The standard InChI is InChI=1S/C23H34N6S/c1-2-3-4-19-28-20-21(29(19)14-15-5-9-25-10-6-15)22-17(27-23(20)24)13-18(30-22)16-7-11-26-12-8-16/h13,15-16,25-26H,2-12,14H2,1H3,(H2,24,27). The van der Waals surface area contributed by atoms with E-state index in [9.17, 15) is 0 Å². The molecule has 2 aliphatic rings. The van der Waals surface area contributed by atoms with Crippen LogP contribution < -0.4 is 16.4 Å². The lowest BCUT2D eigenvalue weighted by Gasteiger charge is -2.24. The number of pyridine rings is 1. The van der Waals surface area contributed by atoms with Gasteiger partial charge in [-0.15, -0.1) is 11.3 Å². The van der Waals surface area contributed by atoms with Crippen LogP contribution in [0.1, 0.15) is 62.1 Å². The van der Waals surface area contributed by atoms with E-state index in [4.69, 9.17) is 15.7 Å². The van der Waals surface area contributed by atoms with Crippen LogP contribution in [0.3, 0.4) is 0 Å². The highest BCUT2D eigenvalue weighted by Gasteiger charge is 2.24. The number of nitrogens with two attached hydrogens (primary N) is 1. The summed E-state index contributed by atoms with van der Waals surface area (Å²) in [5, 5.41) is 6.99. The zero-order valence-corrected chi connectivity index (χ0v) is 18.9. The number of aryl methyl sites for hydroxylation is 1. The predicted octanol–water partition coefficient (Wildman–Crippen LogP) is 4.04. The fourth-order valence-electron chi connectivity index (χ4n) is 5.10. The van der Waals surface area contributed by atoms with Crippen LogP contribution in [0.4, 0.5) is 5.82 Å². The summed E-state index contributed by atoms with van der Waals surface area (Å²) in [7, 11) is 0. The van der Waals surface area contributed by atoms with E-state index >= 15 is 0 Å². The largest absolute Gasteiger partial charge is 0.382 e. The second kappa shape index (κ2) is 8.81. The van der Waals surface area contributed by atoms with Gasteiger partial charge in [0.1, 0.15) is 11.3 Å². The molecule has 0 amide bonds. The summed E-state index contributed by atoms with van der Waals surface area (Å²) in [4.78, 5) is 11.3. The molecule has 0 aromatic carbocycles. The van der Waals surface area contributed by atoms with Crippen LogP contribution in [0.2, 0.25) is 0 Å². The minimum absolute atomic E-state index is 0.592. The normalized spacial score (nSPS) is 19.2. The molecule has 0 bridgehead atoms. The maximum absolute atomic E-state index is 6.45. The van der Waals surface area contributed by atoms with Crippen LogP contribution >= 0.6 is 11.3 Å². The number of nitrogens with zero attached hydrogens (tertiary/aromatic N) is 3. The molecule has 2 fully saturated rings. The fraction of sp³-hybridized carbons (Fsp3) is 0.652. The molecule has 5 rings (SSSR count). The van der Waals surface area contributed by atoms with Crippen LogP contribution in [0, 0.1) is 5.92 Å². The van der Waals surface area contributed by atoms with Gasteiger partial charge in [-0.05, 0) is 76.2 Å². The fourth-order valence-corrected chi connectivity index (χ4v) is 6.42. The number of thiophene rings is 1. The molecule has 0 atom stereocenters. The Labute approximate surface area is 182 Å². The van der Waals surface area contributed by atoms with Gasteiger partial charge >= 0.3 is 0 Å². The molecule has 3 aromatic rings. The highest BCUT2D eigenvalue weighted by atomic mass is 32.1. The van der Waals surface area contributed by atoms with E-state index in [2.05, 4.69) is 28.2 Å². The number of hydrogen-bond acceptors (Lipinski definition) is 6. The molecule has 3 aromatic heterocycles. The number of unbranched alkanes of at least 4 members (excludes halogenated alkanes) is 1. The van der Waals surface area contributed by atoms with Crippen molar-refractivity contribution in [1.29, 1.82) is 0 Å². The van der Waals surface area contributed by atoms with Crippen molar-refractivity contribution in [2.24, 2.45) is 5.92 Å². The van der Waals surface area contributed by atoms with Crippen LogP contribution in [-0.2, 0) is 13.0 Å². The van der Waals surface area contributed by atoms with Crippen molar-refractivity contribution in [3.05, 3.63) is 16.8 Å². The molecule has 0 spiro atoms. The third kappa shape index (κ3) is 3.83. The summed E-state index contributed by atoms with van der Waals surface area (Å²) >= 11 is 1.94. The van der Waals surface area contributed by atoms with Gasteiger partial charge in [-0.3, -0.25) is 0 Å². The topological polar surface area (TPSA) is 80.8 Å². The second-order valence-electron chi connectivity index (χ2n) is 9.02. The summed E-state index contributed by atoms with van der Waals surface area (Å²) in [6.45, 7) is 7.77. The van der Waals surface area contributed by atoms with E-state index in [1.54, 1.807) is 0 Å². The second-order valence-corrected chi connectivity index (χ2v) is 10.1. The Morgan fingerprint density at radius 1 is 1.10 bits per heavy atom. The number of rotatable bonds is 6. The van der Waals surface area contributed by atoms with Crippen LogP contribution in [0.5, 0.6) is 0 Å². The van der Waals surface area contributed by atoms with Crippen molar-refractivity contribution < 1.29 is 0 Å². The summed E-state index contributed by atoms with van der Waals surface area (Å²) in [5.74, 6) is 3.14. The predicted molar refractivity (Wildman–Crippen MR) is 126 cm³/mol. The molecular weight excluding hydrogens is 392 g/mol. The maximum atomic E-state index is 6.45. The van der Waals surface area contributed by atoms with Crippen molar-refractivity contribution in [2.75, 3.05) is 31.9 Å². The zero-order chi connectivity index (χ0) is 20.5. The highest BCUT2D eigenvalue weighted by Crippen LogP contribution is 2.40. The first-order valence-electron chi connectivity index (χ1n) is 11.7. The van der Waals surface area contributed by atoms with Gasteiger partial charge in [-0.2, -0.15) is 0 Å². The Morgan fingerprint density at radius 3 is 2.57 bits per heavy atom. The van der Waals surface area contributed by atoms with Gasteiger partial charge in [0, 0.05) is 17.8 Å². The first-order valence-corrected chi connectivity index (χ1v) is 12.6. The summed E-state index contributed by atoms with van der Waals surface area (Å²) < 4.78 is 3.81. The van der Waals surface area contributed by atoms with Crippen LogP contribution in [-0.4, -0.2) is 40.7 Å². The Bertz CT molecular complexity index is 1010. The zero-order valence-electron chi connectivity index (χ0n) is 18.0. The summed E-state index contributed by atoms with van der Waals surface area (Å²) in [6, 6.07) is 2.30.